The van der Waals surface area contributed by atoms with Crippen LogP contribution in [0.2, 0.25) is 0 Å². The molecule has 5 heteroatoms. The fourth-order valence-corrected chi connectivity index (χ4v) is 5.65. The Hall–Kier alpha value is -3.18. The van der Waals surface area contributed by atoms with E-state index in [1.807, 2.05) is 35.2 Å². The van der Waals surface area contributed by atoms with Crippen LogP contribution in [0.4, 0.5) is 0 Å². The molecule has 0 spiro atoms. The van der Waals surface area contributed by atoms with Crippen molar-refractivity contribution in [2.24, 2.45) is 0 Å². The number of likely N-dealkylation sites (tertiary alicyclic amines) is 2. The van der Waals surface area contributed by atoms with E-state index in [0.717, 1.165) is 43.9 Å². The van der Waals surface area contributed by atoms with E-state index in [1.54, 1.807) is 13.3 Å². The quantitative estimate of drug-likeness (QED) is 0.568. The molecule has 2 aromatic carbocycles. The molecule has 1 amide bonds. The van der Waals surface area contributed by atoms with Crippen molar-refractivity contribution in [3.63, 3.8) is 0 Å². The molecule has 0 saturated carbocycles. The number of aromatic nitrogens is 1. The summed E-state index contributed by atoms with van der Waals surface area (Å²) in [4.78, 5) is 22.5. The Balaban J connectivity index is 1.43. The molecule has 2 aliphatic rings. The Morgan fingerprint density at radius 1 is 0.939 bits per heavy atom. The number of pyridine rings is 1. The second-order valence-electron chi connectivity index (χ2n) is 9.20. The van der Waals surface area contributed by atoms with Crippen molar-refractivity contribution in [3.8, 4) is 5.75 Å². The zero-order chi connectivity index (χ0) is 22.7. The van der Waals surface area contributed by atoms with Gasteiger partial charge >= 0.3 is 0 Å². The van der Waals surface area contributed by atoms with Gasteiger partial charge in [0, 0.05) is 37.2 Å². The minimum absolute atomic E-state index is 0.0117. The summed E-state index contributed by atoms with van der Waals surface area (Å²) >= 11 is 0. The highest BCUT2D eigenvalue weighted by Crippen LogP contribution is 2.46. The van der Waals surface area contributed by atoms with Gasteiger partial charge in [0.15, 0.2) is 0 Å². The average Bonchev–Trinajstić information content (AvgIpc) is 3.13. The van der Waals surface area contributed by atoms with Gasteiger partial charge in [-0.3, -0.25) is 14.7 Å². The second kappa shape index (κ2) is 9.36. The fourth-order valence-electron chi connectivity index (χ4n) is 5.65. The number of rotatable bonds is 6. The first-order valence-electron chi connectivity index (χ1n) is 11.8. The summed E-state index contributed by atoms with van der Waals surface area (Å²) in [5.41, 5.74) is 3.55. The first kappa shape index (κ1) is 21.7. The van der Waals surface area contributed by atoms with Crippen LogP contribution in [0, 0.1) is 0 Å². The zero-order valence-corrected chi connectivity index (χ0v) is 19.2. The van der Waals surface area contributed by atoms with E-state index in [2.05, 4.69) is 52.3 Å². The predicted octanol–water partition coefficient (Wildman–Crippen LogP) is 4.43. The number of carbonyl (C=O) groups excluding carboxylic acids is 1. The molecule has 5 rings (SSSR count). The maximum atomic E-state index is 13.5. The Bertz CT molecular complexity index is 1070. The maximum absolute atomic E-state index is 13.5. The molecule has 0 unspecified atom stereocenters. The molecule has 1 aromatic heterocycles. The lowest BCUT2D eigenvalue weighted by atomic mass is 9.71. The second-order valence-corrected chi connectivity index (χ2v) is 9.20. The third kappa shape index (κ3) is 4.38. The van der Waals surface area contributed by atoms with Crippen LogP contribution >= 0.6 is 0 Å². The van der Waals surface area contributed by atoms with Crippen LogP contribution in [0.1, 0.15) is 36.1 Å². The zero-order valence-electron chi connectivity index (χ0n) is 19.2. The van der Waals surface area contributed by atoms with Crippen molar-refractivity contribution in [1.82, 2.24) is 14.8 Å². The van der Waals surface area contributed by atoms with Gasteiger partial charge in [0.2, 0.25) is 5.91 Å². The first-order valence-corrected chi connectivity index (χ1v) is 11.8. The van der Waals surface area contributed by atoms with Crippen molar-refractivity contribution in [1.29, 1.82) is 0 Å². The van der Waals surface area contributed by atoms with Gasteiger partial charge in [0.1, 0.15) is 5.75 Å². The number of methoxy groups -OCH3 is 1. The number of carbonyl (C=O) groups is 1. The predicted molar refractivity (Wildman–Crippen MR) is 129 cm³/mol. The van der Waals surface area contributed by atoms with E-state index in [-0.39, 0.29) is 17.4 Å². The summed E-state index contributed by atoms with van der Waals surface area (Å²) in [5, 5.41) is 0. The van der Waals surface area contributed by atoms with Gasteiger partial charge in [0.25, 0.3) is 0 Å². The summed E-state index contributed by atoms with van der Waals surface area (Å²) in [5.74, 6) is 1.10. The van der Waals surface area contributed by atoms with Gasteiger partial charge in [-0.25, -0.2) is 0 Å². The van der Waals surface area contributed by atoms with Crippen LogP contribution < -0.4 is 4.74 Å². The molecule has 2 atom stereocenters. The molecule has 3 heterocycles. The molecule has 170 valence electrons. The van der Waals surface area contributed by atoms with E-state index in [0.29, 0.717) is 13.0 Å². The molecule has 0 N–H and O–H groups in total. The molecule has 3 aromatic rings. The minimum Gasteiger partial charge on any atom is -0.497 e. The van der Waals surface area contributed by atoms with Crippen molar-refractivity contribution < 1.29 is 9.53 Å². The molecular formula is C28H31N3O2. The number of fused-ring (bicyclic) bond motifs is 1. The minimum atomic E-state index is -0.0117. The van der Waals surface area contributed by atoms with Gasteiger partial charge < -0.3 is 9.64 Å². The molecule has 2 saturated heterocycles. The van der Waals surface area contributed by atoms with Crippen LogP contribution in [0.25, 0.3) is 0 Å². The molecule has 2 aliphatic heterocycles. The maximum Gasteiger partial charge on any atom is 0.224 e. The smallest absolute Gasteiger partial charge is 0.224 e. The third-order valence-electron chi connectivity index (χ3n) is 7.44. The monoisotopic (exact) mass is 441 g/mol. The fraction of sp³-hybridized carbons (Fsp3) is 0.357. The normalized spacial score (nSPS) is 23.2. The van der Waals surface area contributed by atoms with Gasteiger partial charge in [-0.15, -0.1) is 0 Å². The highest BCUT2D eigenvalue weighted by molar-refractivity contribution is 5.77. The highest BCUT2D eigenvalue weighted by atomic mass is 16.5. The topological polar surface area (TPSA) is 45.7 Å². The van der Waals surface area contributed by atoms with E-state index in [9.17, 15) is 4.79 Å². The standard InChI is InChI=1S/C28H31N3O2/c1-33-25-12-10-22(11-13-25)20-30-17-14-28(23-7-3-2-4-8-23)15-18-31(27(32)19-26(28)30)21-24-9-5-6-16-29-24/h2-13,16,26H,14-15,17-21H2,1H3/t26-,28+/m1/s1. The van der Waals surface area contributed by atoms with Gasteiger partial charge in [0.05, 0.1) is 19.3 Å². The summed E-state index contributed by atoms with van der Waals surface area (Å²) in [6.07, 6.45) is 4.38. The Morgan fingerprint density at radius 3 is 2.42 bits per heavy atom. The first-order chi connectivity index (χ1) is 16.2. The molecule has 5 nitrogen and oxygen atoms in total. The average molecular weight is 442 g/mol. The lowest BCUT2D eigenvalue weighted by Crippen LogP contribution is -2.43. The number of amides is 1. The molecule has 33 heavy (non-hydrogen) atoms. The number of benzene rings is 2. The Labute approximate surface area is 196 Å². The lowest BCUT2D eigenvalue weighted by molar-refractivity contribution is -0.132. The van der Waals surface area contributed by atoms with Crippen LogP contribution in [0.15, 0.2) is 79.0 Å². The van der Waals surface area contributed by atoms with Crippen LogP contribution in [0.3, 0.4) is 0 Å². The van der Waals surface area contributed by atoms with E-state index >= 15 is 0 Å². The number of hydrogen-bond donors (Lipinski definition) is 0. The van der Waals surface area contributed by atoms with Gasteiger partial charge in [-0.1, -0.05) is 48.5 Å². The molecule has 0 radical (unpaired) electrons. The van der Waals surface area contributed by atoms with Crippen molar-refractivity contribution >= 4 is 5.91 Å². The molecular weight excluding hydrogens is 410 g/mol. The van der Waals surface area contributed by atoms with Gasteiger partial charge in [-0.05, 0) is 54.8 Å². The molecule has 2 fully saturated rings. The van der Waals surface area contributed by atoms with Crippen molar-refractivity contribution in [2.45, 2.75) is 43.8 Å². The van der Waals surface area contributed by atoms with E-state index in [4.69, 9.17) is 4.74 Å². The van der Waals surface area contributed by atoms with Crippen molar-refractivity contribution in [2.75, 3.05) is 20.2 Å². The lowest BCUT2D eigenvalue weighted by Gasteiger charge is -2.37. The summed E-state index contributed by atoms with van der Waals surface area (Å²) in [6, 6.07) is 25.2. The number of ether oxygens (including phenoxy) is 1. The van der Waals surface area contributed by atoms with Crippen LogP contribution in [0.5, 0.6) is 5.75 Å². The largest absolute Gasteiger partial charge is 0.497 e. The van der Waals surface area contributed by atoms with Crippen LogP contribution in [-0.2, 0) is 23.3 Å². The number of hydrogen-bond acceptors (Lipinski definition) is 4. The SMILES string of the molecule is COc1ccc(CN2CC[C@@]3(c4ccccc4)CCN(Cc4ccccn4)C(=O)C[C@@H]23)cc1. The highest BCUT2D eigenvalue weighted by Gasteiger charge is 2.50. The Kier molecular flexibility index (Phi) is 6.14. The molecule has 0 aliphatic carbocycles. The summed E-state index contributed by atoms with van der Waals surface area (Å²) in [7, 11) is 1.69. The van der Waals surface area contributed by atoms with Crippen molar-refractivity contribution in [3.05, 3.63) is 95.8 Å². The molecule has 0 bridgehead atoms. The number of nitrogens with zero attached hydrogens (tertiary/aromatic N) is 3. The Morgan fingerprint density at radius 2 is 1.70 bits per heavy atom. The third-order valence-corrected chi connectivity index (χ3v) is 7.44. The summed E-state index contributed by atoms with van der Waals surface area (Å²) < 4.78 is 5.32. The summed E-state index contributed by atoms with van der Waals surface area (Å²) in [6.45, 7) is 3.18. The van der Waals surface area contributed by atoms with Gasteiger partial charge in [-0.2, -0.15) is 0 Å². The van der Waals surface area contributed by atoms with E-state index in [1.165, 1.54) is 11.1 Å². The van der Waals surface area contributed by atoms with E-state index < -0.39 is 0 Å². The van der Waals surface area contributed by atoms with Crippen LogP contribution in [-0.4, -0.2) is 46.9 Å².